The highest BCUT2D eigenvalue weighted by Gasteiger charge is 2.38. The fourth-order valence-electron chi connectivity index (χ4n) is 2.98. The average Bonchev–Trinajstić information content (AvgIpc) is 2.95. The number of hydrogen-bond acceptors (Lipinski definition) is 3. The van der Waals surface area contributed by atoms with E-state index in [-0.39, 0.29) is 24.2 Å². The Hall–Kier alpha value is -0.610. The van der Waals surface area contributed by atoms with Crippen LogP contribution < -0.4 is 5.32 Å². The molecule has 3 unspecified atom stereocenters. The van der Waals surface area contributed by atoms with Crippen LogP contribution in [0.1, 0.15) is 52.4 Å². The molecule has 0 aromatic carbocycles. The number of nitrogens with zero attached hydrogens (tertiary/aromatic N) is 1. The second-order valence-corrected chi connectivity index (χ2v) is 5.44. The lowest BCUT2D eigenvalue weighted by Gasteiger charge is -2.26. The van der Waals surface area contributed by atoms with Crippen LogP contribution >= 0.6 is 0 Å². The second kappa shape index (κ2) is 6.53. The van der Waals surface area contributed by atoms with Gasteiger partial charge in [0, 0.05) is 13.2 Å². The summed E-state index contributed by atoms with van der Waals surface area (Å²) in [6, 6.07) is 0.0351. The molecule has 4 nitrogen and oxygen atoms in total. The third-order valence-corrected chi connectivity index (χ3v) is 3.91. The largest absolute Gasteiger partial charge is 0.376 e. The number of carbonyl (C=O) groups excluding carboxylic acids is 1. The maximum absolute atomic E-state index is 12.4. The standard InChI is InChI=1S/C14H26N2O2/c1-3-6-12-14(17)16(13(15-12)7-4-2)10-11-8-5-9-18-11/h11-13,15H,3-10H2,1-2H3. The molecule has 0 bridgehead atoms. The smallest absolute Gasteiger partial charge is 0.241 e. The van der Waals surface area contributed by atoms with Gasteiger partial charge in [0.1, 0.15) is 0 Å². The Balaban J connectivity index is 1.96. The Morgan fingerprint density at radius 1 is 1.33 bits per heavy atom. The van der Waals surface area contributed by atoms with Crippen LogP contribution in [0.2, 0.25) is 0 Å². The minimum absolute atomic E-state index is 0.0351. The lowest BCUT2D eigenvalue weighted by atomic mass is 10.1. The van der Waals surface area contributed by atoms with Crippen LogP contribution in [-0.4, -0.2) is 42.3 Å². The molecule has 2 aliphatic heterocycles. The zero-order valence-corrected chi connectivity index (χ0v) is 11.7. The van der Waals surface area contributed by atoms with E-state index >= 15 is 0 Å². The Morgan fingerprint density at radius 3 is 2.72 bits per heavy atom. The third-order valence-electron chi connectivity index (χ3n) is 3.91. The molecule has 0 radical (unpaired) electrons. The van der Waals surface area contributed by atoms with Gasteiger partial charge in [-0.25, -0.2) is 0 Å². The Kier molecular flexibility index (Phi) is 5.01. The van der Waals surface area contributed by atoms with Crippen molar-refractivity contribution < 1.29 is 9.53 Å². The van der Waals surface area contributed by atoms with Gasteiger partial charge in [0.15, 0.2) is 0 Å². The molecule has 0 aromatic heterocycles. The first kappa shape index (κ1) is 13.8. The van der Waals surface area contributed by atoms with Crippen molar-refractivity contribution in [2.75, 3.05) is 13.2 Å². The zero-order valence-electron chi connectivity index (χ0n) is 11.7. The monoisotopic (exact) mass is 254 g/mol. The van der Waals surface area contributed by atoms with E-state index in [1.54, 1.807) is 0 Å². The molecular formula is C14H26N2O2. The van der Waals surface area contributed by atoms with Crippen molar-refractivity contribution >= 4 is 5.91 Å². The summed E-state index contributed by atoms with van der Waals surface area (Å²) in [6.45, 7) is 5.93. The summed E-state index contributed by atoms with van der Waals surface area (Å²) in [7, 11) is 0. The molecule has 2 heterocycles. The van der Waals surface area contributed by atoms with Crippen molar-refractivity contribution in [3.63, 3.8) is 0 Å². The number of rotatable bonds is 6. The molecule has 4 heteroatoms. The average molecular weight is 254 g/mol. The summed E-state index contributed by atoms with van der Waals surface area (Å²) in [5.41, 5.74) is 0. The van der Waals surface area contributed by atoms with Crippen LogP contribution in [0.15, 0.2) is 0 Å². The fourth-order valence-corrected chi connectivity index (χ4v) is 2.98. The minimum atomic E-state index is 0.0351. The first-order valence-electron chi connectivity index (χ1n) is 7.44. The topological polar surface area (TPSA) is 41.6 Å². The highest BCUT2D eigenvalue weighted by Crippen LogP contribution is 2.21. The number of nitrogens with one attached hydrogen (secondary N) is 1. The van der Waals surface area contributed by atoms with E-state index in [0.717, 1.165) is 51.7 Å². The van der Waals surface area contributed by atoms with Crippen LogP contribution in [0, 0.1) is 0 Å². The summed E-state index contributed by atoms with van der Waals surface area (Å²) in [6.07, 6.45) is 6.86. The maximum atomic E-state index is 12.4. The molecule has 0 aliphatic carbocycles. The van der Waals surface area contributed by atoms with E-state index in [2.05, 4.69) is 19.2 Å². The van der Waals surface area contributed by atoms with Gasteiger partial charge in [-0.3, -0.25) is 10.1 Å². The van der Waals surface area contributed by atoms with Crippen LogP contribution in [0.5, 0.6) is 0 Å². The van der Waals surface area contributed by atoms with Gasteiger partial charge in [-0.2, -0.15) is 0 Å². The Morgan fingerprint density at radius 2 is 2.11 bits per heavy atom. The van der Waals surface area contributed by atoms with E-state index in [0.29, 0.717) is 0 Å². The minimum Gasteiger partial charge on any atom is -0.376 e. The maximum Gasteiger partial charge on any atom is 0.241 e. The van der Waals surface area contributed by atoms with E-state index < -0.39 is 0 Å². The number of hydrogen-bond donors (Lipinski definition) is 1. The van der Waals surface area contributed by atoms with Crippen molar-refractivity contribution in [2.24, 2.45) is 0 Å². The molecule has 18 heavy (non-hydrogen) atoms. The number of ether oxygens (including phenoxy) is 1. The molecule has 0 aromatic rings. The van der Waals surface area contributed by atoms with E-state index in [9.17, 15) is 4.79 Å². The molecule has 3 atom stereocenters. The predicted molar refractivity (Wildman–Crippen MR) is 71.2 cm³/mol. The molecule has 1 N–H and O–H groups in total. The van der Waals surface area contributed by atoms with Crippen molar-refractivity contribution in [1.82, 2.24) is 10.2 Å². The zero-order chi connectivity index (χ0) is 13.0. The number of amides is 1. The van der Waals surface area contributed by atoms with Gasteiger partial charge in [0.25, 0.3) is 0 Å². The van der Waals surface area contributed by atoms with Crippen molar-refractivity contribution in [2.45, 2.75) is 70.7 Å². The second-order valence-electron chi connectivity index (χ2n) is 5.44. The summed E-state index contributed by atoms with van der Waals surface area (Å²) in [4.78, 5) is 14.4. The molecule has 2 rings (SSSR count). The molecule has 2 saturated heterocycles. The first-order valence-corrected chi connectivity index (χ1v) is 7.44. The summed E-state index contributed by atoms with van der Waals surface area (Å²) in [5.74, 6) is 0.283. The normalized spacial score (nSPS) is 32.4. The molecule has 0 saturated carbocycles. The van der Waals surface area contributed by atoms with Gasteiger partial charge in [-0.1, -0.05) is 26.7 Å². The van der Waals surface area contributed by atoms with Gasteiger partial charge < -0.3 is 9.64 Å². The summed E-state index contributed by atoms with van der Waals surface area (Å²) >= 11 is 0. The Bertz CT molecular complexity index is 277. The SMILES string of the molecule is CCCC1NC(CCC)N(CC2CCCO2)C1=O. The molecule has 0 spiro atoms. The van der Waals surface area contributed by atoms with Gasteiger partial charge in [0.2, 0.25) is 5.91 Å². The highest BCUT2D eigenvalue weighted by molar-refractivity contribution is 5.84. The van der Waals surface area contributed by atoms with Gasteiger partial charge in [-0.15, -0.1) is 0 Å². The lowest BCUT2D eigenvalue weighted by Crippen LogP contribution is -2.41. The third kappa shape index (κ3) is 3.04. The lowest BCUT2D eigenvalue weighted by molar-refractivity contribution is -0.131. The van der Waals surface area contributed by atoms with Gasteiger partial charge in [0.05, 0.1) is 18.3 Å². The van der Waals surface area contributed by atoms with Crippen LogP contribution in [0.4, 0.5) is 0 Å². The van der Waals surface area contributed by atoms with E-state index in [4.69, 9.17) is 4.74 Å². The molecule has 2 aliphatic rings. The van der Waals surface area contributed by atoms with Crippen molar-refractivity contribution in [1.29, 1.82) is 0 Å². The number of carbonyl (C=O) groups is 1. The molecule has 104 valence electrons. The van der Waals surface area contributed by atoms with Gasteiger partial charge in [-0.05, 0) is 25.7 Å². The van der Waals surface area contributed by atoms with Crippen LogP contribution in [0.25, 0.3) is 0 Å². The Labute approximate surface area is 110 Å². The van der Waals surface area contributed by atoms with Crippen LogP contribution in [0.3, 0.4) is 0 Å². The molecule has 2 fully saturated rings. The first-order chi connectivity index (χ1) is 8.76. The summed E-state index contributed by atoms with van der Waals surface area (Å²) in [5, 5.41) is 3.49. The summed E-state index contributed by atoms with van der Waals surface area (Å²) < 4.78 is 5.66. The molecule has 1 amide bonds. The van der Waals surface area contributed by atoms with E-state index in [1.807, 2.05) is 4.90 Å². The van der Waals surface area contributed by atoms with Gasteiger partial charge >= 0.3 is 0 Å². The predicted octanol–water partition coefficient (Wildman–Crippen LogP) is 1.89. The van der Waals surface area contributed by atoms with E-state index in [1.165, 1.54) is 0 Å². The quantitative estimate of drug-likeness (QED) is 0.787. The van der Waals surface area contributed by atoms with Crippen LogP contribution in [-0.2, 0) is 9.53 Å². The molecular weight excluding hydrogens is 228 g/mol. The van der Waals surface area contributed by atoms with Crippen molar-refractivity contribution in [3.8, 4) is 0 Å². The van der Waals surface area contributed by atoms with Crippen molar-refractivity contribution in [3.05, 3.63) is 0 Å². The highest BCUT2D eigenvalue weighted by atomic mass is 16.5. The fraction of sp³-hybridized carbons (Fsp3) is 0.929.